The third-order valence-electron chi connectivity index (χ3n) is 4.16. The molecule has 2 N–H and O–H groups in total. The number of halogens is 1. The monoisotopic (exact) mass is 462 g/mol. The molecule has 0 unspecified atom stereocenters. The molecular weight excluding hydrogens is 440 g/mol. The fourth-order valence-electron chi connectivity index (χ4n) is 2.78. The van der Waals surface area contributed by atoms with Crippen LogP contribution in [-0.2, 0) is 13.2 Å². The van der Waals surface area contributed by atoms with E-state index in [0.29, 0.717) is 36.0 Å². The number of aromatic amines is 1. The second-order valence-electron chi connectivity index (χ2n) is 6.35. The van der Waals surface area contributed by atoms with Crippen molar-refractivity contribution in [3.63, 3.8) is 0 Å². The number of hydrogen-bond acceptors (Lipinski definition) is 5. The summed E-state index contributed by atoms with van der Waals surface area (Å²) in [5.74, 6) is 2.18. The van der Waals surface area contributed by atoms with Gasteiger partial charge in [-0.1, -0.05) is 45.8 Å². The standard InChI is InChI=1S/C20H23BrN4O2S/c1-4-26-18-9-16(11-22-25-14(3)23-24-20(25)28)17(21)10-19(18)27-12-15-7-5-6-13(2)8-15/h5-10,22H,4,11-12H2,1-3H3,(H,24,28). The molecule has 3 rings (SSSR count). The number of benzene rings is 2. The van der Waals surface area contributed by atoms with Crippen molar-refractivity contribution in [3.8, 4) is 11.5 Å². The van der Waals surface area contributed by atoms with Crippen LogP contribution in [0.5, 0.6) is 11.5 Å². The number of rotatable bonds is 8. The van der Waals surface area contributed by atoms with Gasteiger partial charge in [0.1, 0.15) is 12.4 Å². The van der Waals surface area contributed by atoms with Crippen molar-refractivity contribution in [2.24, 2.45) is 0 Å². The number of aromatic nitrogens is 3. The van der Waals surface area contributed by atoms with Crippen molar-refractivity contribution in [1.29, 1.82) is 0 Å². The van der Waals surface area contributed by atoms with E-state index in [4.69, 9.17) is 21.7 Å². The van der Waals surface area contributed by atoms with Gasteiger partial charge in [-0.2, -0.15) is 5.10 Å². The number of nitrogens with zero attached hydrogens (tertiary/aromatic N) is 2. The van der Waals surface area contributed by atoms with E-state index in [1.54, 1.807) is 4.68 Å². The summed E-state index contributed by atoms with van der Waals surface area (Å²) >= 11 is 8.86. The molecule has 0 amide bonds. The Bertz CT molecular complexity index is 1020. The normalized spacial score (nSPS) is 10.7. The van der Waals surface area contributed by atoms with Crippen LogP contribution >= 0.6 is 28.1 Å². The average Bonchev–Trinajstić information content (AvgIpc) is 2.98. The summed E-state index contributed by atoms with van der Waals surface area (Å²) in [6, 6.07) is 12.2. The van der Waals surface area contributed by atoms with E-state index in [9.17, 15) is 0 Å². The van der Waals surface area contributed by atoms with Gasteiger partial charge in [-0.05, 0) is 56.2 Å². The van der Waals surface area contributed by atoms with Crippen LogP contribution in [0.3, 0.4) is 0 Å². The number of nitrogens with one attached hydrogen (secondary N) is 2. The average molecular weight is 463 g/mol. The van der Waals surface area contributed by atoms with E-state index in [2.05, 4.69) is 56.7 Å². The smallest absolute Gasteiger partial charge is 0.214 e. The quantitative estimate of drug-likeness (QED) is 0.459. The highest BCUT2D eigenvalue weighted by atomic mass is 79.9. The van der Waals surface area contributed by atoms with Crippen molar-refractivity contribution >= 4 is 28.1 Å². The summed E-state index contributed by atoms with van der Waals surface area (Å²) in [5.41, 5.74) is 6.62. The minimum atomic E-state index is 0.481. The van der Waals surface area contributed by atoms with Crippen LogP contribution < -0.4 is 14.9 Å². The molecule has 1 aromatic heterocycles. The second-order valence-corrected chi connectivity index (χ2v) is 7.59. The van der Waals surface area contributed by atoms with Gasteiger partial charge in [0.05, 0.1) is 13.2 Å². The SMILES string of the molecule is CCOc1cc(CNn2c(C)n[nH]c2=S)c(Br)cc1OCc1cccc(C)c1. The van der Waals surface area contributed by atoms with Crippen molar-refractivity contribution in [2.45, 2.75) is 33.9 Å². The van der Waals surface area contributed by atoms with E-state index in [1.807, 2.05) is 32.0 Å². The van der Waals surface area contributed by atoms with Gasteiger partial charge in [-0.3, -0.25) is 5.10 Å². The molecule has 0 saturated heterocycles. The number of H-pyrrole nitrogens is 1. The molecule has 0 aliphatic carbocycles. The molecule has 0 atom stereocenters. The maximum Gasteiger partial charge on any atom is 0.214 e. The third-order valence-corrected chi connectivity index (χ3v) is 5.17. The highest BCUT2D eigenvalue weighted by Crippen LogP contribution is 2.34. The van der Waals surface area contributed by atoms with E-state index in [-0.39, 0.29) is 0 Å². The van der Waals surface area contributed by atoms with E-state index in [0.717, 1.165) is 21.4 Å². The Morgan fingerprint density at radius 1 is 1.18 bits per heavy atom. The first-order valence-corrected chi connectivity index (χ1v) is 10.2. The van der Waals surface area contributed by atoms with Crippen LogP contribution in [-0.4, -0.2) is 21.5 Å². The fraction of sp³-hybridized carbons (Fsp3) is 0.300. The van der Waals surface area contributed by atoms with Gasteiger partial charge in [-0.25, -0.2) is 4.68 Å². The summed E-state index contributed by atoms with van der Waals surface area (Å²) < 4.78 is 15.0. The first kappa shape index (κ1) is 20.4. The minimum Gasteiger partial charge on any atom is -0.490 e. The van der Waals surface area contributed by atoms with Gasteiger partial charge in [0.15, 0.2) is 11.5 Å². The van der Waals surface area contributed by atoms with E-state index >= 15 is 0 Å². The molecule has 0 radical (unpaired) electrons. The Labute approximate surface area is 178 Å². The zero-order valence-electron chi connectivity index (χ0n) is 16.1. The van der Waals surface area contributed by atoms with Crippen LogP contribution in [0.4, 0.5) is 0 Å². The number of hydrogen-bond donors (Lipinski definition) is 2. The molecule has 0 spiro atoms. The first-order valence-electron chi connectivity index (χ1n) is 8.99. The molecule has 3 aromatic rings. The Morgan fingerprint density at radius 2 is 1.96 bits per heavy atom. The van der Waals surface area contributed by atoms with Crippen LogP contribution in [0.1, 0.15) is 29.4 Å². The van der Waals surface area contributed by atoms with Gasteiger partial charge in [-0.15, -0.1) is 0 Å². The molecule has 28 heavy (non-hydrogen) atoms. The number of aryl methyl sites for hydroxylation is 2. The summed E-state index contributed by atoms with van der Waals surface area (Å²) in [7, 11) is 0. The molecule has 0 aliphatic heterocycles. The highest BCUT2D eigenvalue weighted by Gasteiger charge is 2.12. The molecule has 6 nitrogen and oxygen atoms in total. The van der Waals surface area contributed by atoms with Crippen molar-refractivity contribution < 1.29 is 9.47 Å². The lowest BCUT2D eigenvalue weighted by atomic mass is 10.1. The Kier molecular flexibility index (Phi) is 6.74. The molecule has 0 bridgehead atoms. The summed E-state index contributed by atoms with van der Waals surface area (Å²) in [6.45, 7) is 7.49. The largest absolute Gasteiger partial charge is 0.490 e. The van der Waals surface area contributed by atoms with E-state index < -0.39 is 0 Å². The summed E-state index contributed by atoms with van der Waals surface area (Å²) in [4.78, 5) is 0. The fourth-order valence-corrected chi connectivity index (χ4v) is 3.49. The van der Waals surface area contributed by atoms with E-state index in [1.165, 1.54) is 5.56 Å². The molecule has 0 saturated carbocycles. The topological polar surface area (TPSA) is 64.1 Å². The molecule has 1 heterocycles. The minimum absolute atomic E-state index is 0.481. The third kappa shape index (κ3) is 4.94. The predicted octanol–water partition coefficient (Wildman–Crippen LogP) is 5.04. The second kappa shape index (κ2) is 9.25. The van der Waals surface area contributed by atoms with Gasteiger partial charge < -0.3 is 14.9 Å². The lowest BCUT2D eigenvalue weighted by molar-refractivity contribution is 0.269. The molecule has 2 aromatic carbocycles. The highest BCUT2D eigenvalue weighted by molar-refractivity contribution is 9.10. The zero-order valence-corrected chi connectivity index (χ0v) is 18.5. The van der Waals surface area contributed by atoms with Crippen LogP contribution in [0.15, 0.2) is 40.9 Å². The number of ether oxygens (including phenoxy) is 2. The van der Waals surface area contributed by atoms with Crippen LogP contribution in [0.2, 0.25) is 0 Å². The molecule has 148 valence electrons. The van der Waals surface area contributed by atoms with Gasteiger partial charge in [0.25, 0.3) is 0 Å². The predicted molar refractivity (Wildman–Crippen MR) is 116 cm³/mol. The molecular formula is C20H23BrN4O2S. The van der Waals surface area contributed by atoms with Gasteiger partial charge in [0, 0.05) is 4.47 Å². The Hall–Kier alpha value is -2.32. The summed E-state index contributed by atoms with van der Waals surface area (Å²) in [6.07, 6.45) is 0. The molecule has 0 fully saturated rings. The lowest BCUT2D eigenvalue weighted by Crippen LogP contribution is -2.16. The van der Waals surface area contributed by atoms with Gasteiger partial charge >= 0.3 is 0 Å². The first-order chi connectivity index (χ1) is 13.5. The molecule has 8 heteroatoms. The van der Waals surface area contributed by atoms with Gasteiger partial charge in [0.2, 0.25) is 4.77 Å². The van der Waals surface area contributed by atoms with Crippen molar-refractivity contribution in [3.05, 3.63) is 68.2 Å². The maximum atomic E-state index is 6.04. The van der Waals surface area contributed by atoms with Crippen molar-refractivity contribution in [1.82, 2.24) is 14.9 Å². The van der Waals surface area contributed by atoms with Crippen LogP contribution in [0, 0.1) is 18.6 Å². The maximum absolute atomic E-state index is 6.04. The summed E-state index contributed by atoms with van der Waals surface area (Å²) in [5, 5.41) is 6.86. The Morgan fingerprint density at radius 3 is 2.64 bits per heavy atom. The van der Waals surface area contributed by atoms with Crippen LogP contribution in [0.25, 0.3) is 0 Å². The Balaban J connectivity index is 1.78. The zero-order chi connectivity index (χ0) is 20.1. The lowest BCUT2D eigenvalue weighted by Gasteiger charge is -2.16. The van der Waals surface area contributed by atoms with Crippen molar-refractivity contribution in [2.75, 3.05) is 12.0 Å². The molecule has 0 aliphatic rings.